The van der Waals surface area contributed by atoms with E-state index in [1.807, 2.05) is 47.4 Å². The molecule has 1 amide bonds. The molecule has 0 aromatic heterocycles. The Kier molecular flexibility index (Phi) is 7.95. The van der Waals surface area contributed by atoms with Gasteiger partial charge in [0, 0.05) is 17.1 Å². The monoisotopic (exact) mass is 461 g/mol. The Morgan fingerprint density at radius 3 is 2.62 bits per heavy atom. The number of rotatable bonds is 9. The van der Waals surface area contributed by atoms with Gasteiger partial charge in [-0.2, -0.15) is 0 Å². The van der Waals surface area contributed by atoms with E-state index in [1.54, 1.807) is 7.11 Å². The van der Waals surface area contributed by atoms with Crippen molar-refractivity contribution in [3.05, 3.63) is 52.5 Å². The lowest BCUT2D eigenvalue weighted by Crippen LogP contribution is -2.36. The average molecular weight is 462 g/mol. The molecule has 1 heterocycles. The molecule has 29 heavy (non-hydrogen) atoms. The van der Waals surface area contributed by atoms with Crippen molar-refractivity contribution in [3.8, 4) is 11.5 Å². The van der Waals surface area contributed by atoms with Crippen LogP contribution in [0.5, 0.6) is 11.5 Å². The van der Waals surface area contributed by atoms with Crippen LogP contribution in [0.4, 0.5) is 5.69 Å². The van der Waals surface area contributed by atoms with Crippen LogP contribution in [0.3, 0.4) is 0 Å². The largest absolute Gasteiger partial charge is 0.497 e. The van der Waals surface area contributed by atoms with E-state index in [1.165, 1.54) is 0 Å². The second-order valence-electron chi connectivity index (χ2n) is 7.15. The lowest BCUT2D eigenvalue weighted by molar-refractivity contribution is -0.122. The van der Waals surface area contributed by atoms with Gasteiger partial charge < -0.3 is 19.1 Å². The van der Waals surface area contributed by atoms with Gasteiger partial charge in [-0.1, -0.05) is 25.5 Å². The maximum atomic E-state index is 13.4. The summed E-state index contributed by atoms with van der Waals surface area (Å²) in [4.78, 5) is 15.2. The standard InChI is InChI=1S/C23H28BrNO4/c1-3-4-12-29-20-9-10-21(24)22(14-20)25(23(26)18-11-13-28-16-18)15-17-5-7-19(27-2)8-6-17/h5-10,14,18H,3-4,11-13,15-16H2,1-2H3. The number of anilines is 1. The Hall–Kier alpha value is -2.05. The Morgan fingerprint density at radius 1 is 1.21 bits per heavy atom. The Balaban J connectivity index is 1.88. The van der Waals surface area contributed by atoms with Crippen LogP contribution < -0.4 is 14.4 Å². The summed E-state index contributed by atoms with van der Waals surface area (Å²) in [5.41, 5.74) is 1.84. The summed E-state index contributed by atoms with van der Waals surface area (Å²) in [5.74, 6) is 1.52. The number of halogens is 1. The predicted molar refractivity (Wildman–Crippen MR) is 118 cm³/mol. The molecule has 1 fully saturated rings. The van der Waals surface area contributed by atoms with E-state index >= 15 is 0 Å². The number of nitrogens with zero attached hydrogens (tertiary/aromatic N) is 1. The summed E-state index contributed by atoms with van der Waals surface area (Å²) in [5, 5.41) is 0. The van der Waals surface area contributed by atoms with Crippen LogP contribution in [-0.2, 0) is 16.1 Å². The van der Waals surface area contributed by atoms with Crippen molar-refractivity contribution in [1.29, 1.82) is 0 Å². The topological polar surface area (TPSA) is 48.0 Å². The van der Waals surface area contributed by atoms with E-state index in [-0.39, 0.29) is 11.8 Å². The summed E-state index contributed by atoms with van der Waals surface area (Å²) in [6.07, 6.45) is 2.83. The third kappa shape index (κ3) is 5.73. The van der Waals surface area contributed by atoms with E-state index in [2.05, 4.69) is 22.9 Å². The van der Waals surface area contributed by atoms with Crippen molar-refractivity contribution < 1.29 is 19.0 Å². The highest BCUT2D eigenvalue weighted by Crippen LogP contribution is 2.34. The average Bonchev–Trinajstić information content (AvgIpc) is 3.28. The molecule has 1 aliphatic rings. The van der Waals surface area contributed by atoms with Crippen LogP contribution in [0.15, 0.2) is 46.9 Å². The maximum absolute atomic E-state index is 13.4. The minimum Gasteiger partial charge on any atom is -0.497 e. The molecule has 1 unspecified atom stereocenters. The zero-order valence-corrected chi connectivity index (χ0v) is 18.6. The fourth-order valence-corrected chi connectivity index (χ4v) is 3.73. The second-order valence-corrected chi connectivity index (χ2v) is 8.00. The number of unbranched alkanes of at least 4 members (excludes halogenated alkanes) is 1. The van der Waals surface area contributed by atoms with Crippen molar-refractivity contribution in [3.63, 3.8) is 0 Å². The molecule has 0 aliphatic carbocycles. The molecule has 6 heteroatoms. The van der Waals surface area contributed by atoms with E-state index in [0.717, 1.165) is 46.5 Å². The van der Waals surface area contributed by atoms with Gasteiger partial charge in [0.05, 0.1) is 38.5 Å². The first kappa shape index (κ1) is 21.7. The first-order chi connectivity index (χ1) is 14.1. The van der Waals surface area contributed by atoms with Gasteiger partial charge in [-0.3, -0.25) is 4.79 Å². The van der Waals surface area contributed by atoms with Gasteiger partial charge >= 0.3 is 0 Å². The van der Waals surface area contributed by atoms with Crippen LogP contribution in [0, 0.1) is 5.92 Å². The van der Waals surface area contributed by atoms with E-state index in [4.69, 9.17) is 14.2 Å². The molecule has 2 aromatic carbocycles. The molecule has 1 atom stereocenters. The van der Waals surface area contributed by atoms with E-state index in [0.29, 0.717) is 26.4 Å². The minimum absolute atomic E-state index is 0.0738. The predicted octanol–water partition coefficient (Wildman–Crippen LogP) is 5.21. The van der Waals surface area contributed by atoms with Gasteiger partial charge in [0.25, 0.3) is 0 Å². The summed E-state index contributed by atoms with van der Waals surface area (Å²) < 4.78 is 17.5. The van der Waals surface area contributed by atoms with Crippen molar-refractivity contribution >= 4 is 27.5 Å². The zero-order chi connectivity index (χ0) is 20.6. The molecule has 0 N–H and O–H groups in total. The number of amides is 1. The maximum Gasteiger partial charge on any atom is 0.232 e. The minimum atomic E-state index is -0.121. The number of hydrogen-bond donors (Lipinski definition) is 0. The number of carbonyl (C=O) groups excluding carboxylic acids is 1. The van der Waals surface area contributed by atoms with Crippen molar-refractivity contribution in [1.82, 2.24) is 0 Å². The molecule has 0 saturated carbocycles. The van der Waals surface area contributed by atoms with E-state index < -0.39 is 0 Å². The molecule has 5 nitrogen and oxygen atoms in total. The lowest BCUT2D eigenvalue weighted by atomic mass is 10.1. The summed E-state index contributed by atoms with van der Waals surface area (Å²) in [7, 11) is 1.64. The number of benzene rings is 2. The molecule has 1 aliphatic heterocycles. The van der Waals surface area contributed by atoms with Gasteiger partial charge in [0.2, 0.25) is 5.91 Å². The molecule has 3 rings (SSSR count). The Bertz CT molecular complexity index is 803. The van der Waals surface area contributed by atoms with Crippen LogP contribution in [0.2, 0.25) is 0 Å². The lowest BCUT2D eigenvalue weighted by Gasteiger charge is -2.27. The van der Waals surface area contributed by atoms with Crippen LogP contribution >= 0.6 is 15.9 Å². The van der Waals surface area contributed by atoms with Crippen molar-refractivity contribution in [2.45, 2.75) is 32.7 Å². The molecule has 0 spiro atoms. The first-order valence-corrected chi connectivity index (χ1v) is 10.9. The summed E-state index contributed by atoms with van der Waals surface area (Å²) in [6, 6.07) is 13.6. The van der Waals surface area contributed by atoms with Crippen molar-refractivity contribution in [2.24, 2.45) is 5.92 Å². The van der Waals surface area contributed by atoms with Gasteiger partial charge in [-0.15, -0.1) is 0 Å². The fraction of sp³-hybridized carbons (Fsp3) is 0.435. The van der Waals surface area contributed by atoms with E-state index in [9.17, 15) is 4.79 Å². The highest BCUT2D eigenvalue weighted by atomic mass is 79.9. The number of ether oxygens (including phenoxy) is 3. The Morgan fingerprint density at radius 2 is 1.97 bits per heavy atom. The number of hydrogen-bond acceptors (Lipinski definition) is 4. The molecular weight excluding hydrogens is 434 g/mol. The molecular formula is C23H28BrNO4. The highest BCUT2D eigenvalue weighted by molar-refractivity contribution is 9.10. The quantitative estimate of drug-likeness (QED) is 0.481. The van der Waals surface area contributed by atoms with Gasteiger partial charge in [0.15, 0.2) is 0 Å². The van der Waals surface area contributed by atoms with Crippen LogP contribution in [-0.4, -0.2) is 32.8 Å². The number of methoxy groups -OCH3 is 1. The third-order valence-corrected chi connectivity index (χ3v) is 5.69. The van der Waals surface area contributed by atoms with Crippen LogP contribution in [0.25, 0.3) is 0 Å². The molecule has 156 valence electrons. The molecule has 1 saturated heterocycles. The van der Waals surface area contributed by atoms with Gasteiger partial charge in [0.1, 0.15) is 11.5 Å². The van der Waals surface area contributed by atoms with Crippen LogP contribution in [0.1, 0.15) is 31.7 Å². The first-order valence-electron chi connectivity index (χ1n) is 10.1. The Labute approximate surface area is 181 Å². The SMILES string of the molecule is CCCCOc1ccc(Br)c(N(Cc2ccc(OC)cc2)C(=O)C2CCOC2)c1. The third-order valence-electron chi connectivity index (χ3n) is 5.02. The van der Waals surface area contributed by atoms with Gasteiger partial charge in [-0.05, 0) is 58.6 Å². The molecule has 2 aromatic rings. The normalized spacial score (nSPS) is 15.9. The molecule has 0 bridgehead atoms. The zero-order valence-electron chi connectivity index (χ0n) is 17.0. The number of carbonyl (C=O) groups is 1. The van der Waals surface area contributed by atoms with Crippen molar-refractivity contribution in [2.75, 3.05) is 31.8 Å². The molecule has 0 radical (unpaired) electrons. The smallest absolute Gasteiger partial charge is 0.232 e. The van der Waals surface area contributed by atoms with Gasteiger partial charge in [-0.25, -0.2) is 0 Å². The summed E-state index contributed by atoms with van der Waals surface area (Å²) in [6.45, 7) is 4.38. The summed E-state index contributed by atoms with van der Waals surface area (Å²) >= 11 is 3.63. The highest BCUT2D eigenvalue weighted by Gasteiger charge is 2.30. The fourth-order valence-electron chi connectivity index (χ4n) is 3.27. The second kappa shape index (κ2) is 10.6.